The largest absolute Gasteiger partial charge is 0.497 e. The second-order valence-electron chi connectivity index (χ2n) is 10.9. The van der Waals surface area contributed by atoms with Crippen LogP contribution in [0.2, 0.25) is 0 Å². The highest BCUT2D eigenvalue weighted by atomic mass is 32.1. The van der Waals surface area contributed by atoms with Crippen LogP contribution in [-0.4, -0.2) is 29.4 Å². The lowest BCUT2D eigenvalue weighted by atomic mass is 10.0. The summed E-state index contributed by atoms with van der Waals surface area (Å²) in [7, 11) is 3.67. The summed E-state index contributed by atoms with van der Waals surface area (Å²) in [5.74, 6) is 0.259. The van der Waals surface area contributed by atoms with Crippen molar-refractivity contribution in [2.75, 3.05) is 14.2 Å². The molecule has 5 aromatic rings. The Hall–Kier alpha value is -4.07. The molecule has 0 amide bonds. The summed E-state index contributed by atoms with van der Waals surface area (Å²) in [5.41, 5.74) is 3.42. The van der Waals surface area contributed by atoms with Crippen molar-refractivity contribution in [3.05, 3.63) is 123 Å². The molecule has 0 bridgehead atoms. The van der Waals surface area contributed by atoms with E-state index in [2.05, 4.69) is 24.0 Å². The van der Waals surface area contributed by atoms with Crippen molar-refractivity contribution in [3.8, 4) is 16.2 Å². The minimum Gasteiger partial charge on any atom is -0.497 e. The summed E-state index contributed by atoms with van der Waals surface area (Å²) < 4.78 is 22.1. The predicted octanol–water partition coefficient (Wildman–Crippen LogP) is 8.32. The average Bonchev–Trinajstić information content (AvgIpc) is 3.39. The zero-order valence-electron chi connectivity index (χ0n) is 24.9. The molecule has 0 aliphatic heterocycles. The Bertz CT molecular complexity index is 1760. The highest BCUT2D eigenvalue weighted by Gasteiger charge is 2.24. The fraction of sp³-hybridized carbons (Fsp3) is 0.278. The van der Waals surface area contributed by atoms with E-state index in [1.54, 1.807) is 31.5 Å². The number of fused-ring (bicyclic) bond motifs is 1. The molecule has 0 saturated carbocycles. The number of ether oxygens (including phenoxy) is 1. The molecule has 0 fully saturated rings. The summed E-state index contributed by atoms with van der Waals surface area (Å²) in [6.07, 6.45) is 4.60. The number of pyridine rings is 1. The van der Waals surface area contributed by atoms with Crippen molar-refractivity contribution in [2.24, 2.45) is 0 Å². The van der Waals surface area contributed by atoms with Gasteiger partial charge in [-0.25, -0.2) is 4.39 Å². The molecule has 0 saturated heterocycles. The SMILES string of the molecule is CCCCCC(=O)c1cn(Cc2ccccc2F)c2sc(-c3ccc(OC)cc3)c(CN(C)Cc3ccccc3)c2c1=O. The molecule has 2 aromatic heterocycles. The van der Waals surface area contributed by atoms with Gasteiger partial charge in [-0.3, -0.25) is 14.5 Å². The number of carbonyl (C=O) groups excluding carboxylic acids is 1. The summed E-state index contributed by atoms with van der Waals surface area (Å²) in [4.78, 5) is 31.6. The van der Waals surface area contributed by atoms with Crippen LogP contribution in [0.3, 0.4) is 0 Å². The first-order chi connectivity index (χ1) is 20.9. The van der Waals surface area contributed by atoms with Crippen molar-refractivity contribution in [1.82, 2.24) is 9.47 Å². The highest BCUT2D eigenvalue weighted by Crippen LogP contribution is 2.39. The van der Waals surface area contributed by atoms with Gasteiger partial charge in [-0.1, -0.05) is 68.3 Å². The van der Waals surface area contributed by atoms with E-state index in [0.717, 1.165) is 45.8 Å². The van der Waals surface area contributed by atoms with Crippen molar-refractivity contribution >= 4 is 27.3 Å². The van der Waals surface area contributed by atoms with E-state index < -0.39 is 0 Å². The molecule has 0 aliphatic rings. The molecule has 2 heterocycles. The quantitative estimate of drug-likeness (QED) is 0.101. The van der Waals surface area contributed by atoms with Crippen LogP contribution in [0.5, 0.6) is 5.75 Å². The number of ketones is 1. The number of aromatic nitrogens is 1. The number of methoxy groups -OCH3 is 1. The van der Waals surface area contributed by atoms with Gasteiger partial charge in [0.15, 0.2) is 5.78 Å². The lowest BCUT2D eigenvalue weighted by Crippen LogP contribution is -2.22. The Kier molecular flexibility index (Phi) is 9.85. The third-order valence-electron chi connectivity index (χ3n) is 7.69. The molecule has 0 radical (unpaired) electrons. The number of Topliss-reactive ketones (excluding diaryl/α,β-unsaturated/α-hetero) is 1. The first-order valence-electron chi connectivity index (χ1n) is 14.7. The minimum atomic E-state index is -0.320. The molecule has 0 N–H and O–H groups in total. The molecule has 3 aromatic carbocycles. The van der Waals surface area contributed by atoms with Gasteiger partial charge in [0.1, 0.15) is 16.4 Å². The molecule has 0 aliphatic carbocycles. The van der Waals surface area contributed by atoms with Gasteiger partial charge in [-0.05, 0) is 60.5 Å². The van der Waals surface area contributed by atoms with Crippen molar-refractivity contribution in [3.63, 3.8) is 0 Å². The maximum Gasteiger partial charge on any atom is 0.201 e. The smallest absolute Gasteiger partial charge is 0.201 e. The van der Waals surface area contributed by atoms with Crippen molar-refractivity contribution in [2.45, 2.75) is 52.2 Å². The fourth-order valence-electron chi connectivity index (χ4n) is 5.44. The Morgan fingerprint density at radius 1 is 0.953 bits per heavy atom. The van der Waals surface area contributed by atoms with E-state index in [1.165, 1.54) is 23.0 Å². The van der Waals surface area contributed by atoms with Crippen LogP contribution in [0.4, 0.5) is 4.39 Å². The van der Waals surface area contributed by atoms with E-state index in [9.17, 15) is 14.0 Å². The summed E-state index contributed by atoms with van der Waals surface area (Å²) in [5, 5.41) is 0.536. The highest BCUT2D eigenvalue weighted by molar-refractivity contribution is 7.22. The first kappa shape index (κ1) is 30.4. The van der Waals surface area contributed by atoms with Crippen molar-refractivity contribution in [1.29, 1.82) is 0 Å². The number of hydrogen-bond acceptors (Lipinski definition) is 5. The van der Waals surface area contributed by atoms with E-state index in [0.29, 0.717) is 30.5 Å². The second kappa shape index (κ2) is 13.9. The van der Waals surface area contributed by atoms with Gasteiger partial charge < -0.3 is 9.30 Å². The number of hydrogen-bond donors (Lipinski definition) is 0. The fourth-order valence-corrected chi connectivity index (χ4v) is 6.73. The van der Waals surface area contributed by atoms with Gasteiger partial charge in [-0.15, -0.1) is 11.3 Å². The molecule has 0 spiro atoms. The molecule has 5 rings (SSSR count). The van der Waals surface area contributed by atoms with Crippen LogP contribution in [0, 0.1) is 5.82 Å². The van der Waals surface area contributed by atoms with Gasteiger partial charge in [0.05, 0.1) is 24.6 Å². The van der Waals surface area contributed by atoms with Crippen LogP contribution in [-0.2, 0) is 19.6 Å². The van der Waals surface area contributed by atoms with E-state index in [1.807, 2.05) is 54.1 Å². The summed E-state index contributed by atoms with van der Waals surface area (Å²) >= 11 is 1.51. The maximum atomic E-state index is 14.9. The normalized spacial score (nSPS) is 11.4. The first-order valence-corrected chi connectivity index (χ1v) is 15.5. The van der Waals surface area contributed by atoms with E-state index in [-0.39, 0.29) is 29.1 Å². The lowest BCUT2D eigenvalue weighted by Gasteiger charge is -2.18. The van der Waals surface area contributed by atoms with E-state index >= 15 is 0 Å². The topological polar surface area (TPSA) is 51.5 Å². The number of rotatable bonds is 13. The Labute approximate surface area is 256 Å². The third kappa shape index (κ3) is 6.95. The van der Waals surface area contributed by atoms with E-state index in [4.69, 9.17) is 4.74 Å². The Morgan fingerprint density at radius 3 is 2.37 bits per heavy atom. The number of halogens is 1. The monoisotopic (exact) mass is 596 g/mol. The number of unbranched alkanes of at least 4 members (excludes halogenated alkanes) is 2. The zero-order chi connectivity index (χ0) is 30.3. The van der Waals surface area contributed by atoms with Gasteiger partial charge in [0.2, 0.25) is 5.43 Å². The van der Waals surface area contributed by atoms with Gasteiger partial charge >= 0.3 is 0 Å². The molecule has 7 heteroatoms. The number of thiophene rings is 1. The average molecular weight is 597 g/mol. The molecule has 43 heavy (non-hydrogen) atoms. The molecule has 5 nitrogen and oxygen atoms in total. The number of benzene rings is 3. The van der Waals surface area contributed by atoms with Crippen LogP contribution in [0.25, 0.3) is 20.7 Å². The second-order valence-corrected chi connectivity index (χ2v) is 11.9. The zero-order valence-corrected chi connectivity index (χ0v) is 25.8. The summed E-state index contributed by atoms with van der Waals surface area (Å²) in [6.45, 7) is 3.49. The third-order valence-corrected chi connectivity index (χ3v) is 9.01. The van der Waals surface area contributed by atoms with Gasteiger partial charge in [0, 0.05) is 36.1 Å². The summed E-state index contributed by atoms with van der Waals surface area (Å²) in [6, 6.07) is 24.6. The number of nitrogens with zero attached hydrogens (tertiary/aromatic N) is 2. The Morgan fingerprint density at radius 2 is 1.67 bits per heavy atom. The van der Waals surface area contributed by atoms with Crippen LogP contribution >= 0.6 is 11.3 Å². The number of carbonyl (C=O) groups is 1. The van der Waals surface area contributed by atoms with Gasteiger partial charge in [-0.2, -0.15) is 0 Å². The molecule has 0 unspecified atom stereocenters. The standard InChI is InChI=1S/C36H37FN2O3S/c1-4-5-7-16-32(40)29-24-39(22-27-14-10-11-15-31(27)37)36-33(34(29)41)30(23-38(2)21-25-12-8-6-9-13-25)35(43-36)26-17-19-28(42-3)20-18-26/h6,8-15,17-20,24H,4-5,7,16,21-23H2,1-3H3. The molecular weight excluding hydrogens is 559 g/mol. The van der Waals surface area contributed by atoms with Crippen LogP contribution < -0.4 is 10.2 Å². The van der Waals surface area contributed by atoms with Crippen LogP contribution in [0.1, 0.15) is 59.7 Å². The minimum absolute atomic E-state index is 0.163. The Balaban J connectivity index is 1.70. The maximum absolute atomic E-state index is 14.9. The molecule has 0 atom stereocenters. The molecule has 222 valence electrons. The van der Waals surface area contributed by atoms with Crippen molar-refractivity contribution < 1.29 is 13.9 Å². The van der Waals surface area contributed by atoms with Gasteiger partial charge in [0.25, 0.3) is 0 Å². The molecular formula is C36H37FN2O3S. The lowest BCUT2D eigenvalue weighted by molar-refractivity contribution is 0.0977. The predicted molar refractivity (Wildman–Crippen MR) is 174 cm³/mol. The van der Waals surface area contributed by atoms with Crippen LogP contribution in [0.15, 0.2) is 89.9 Å².